The van der Waals surface area contributed by atoms with Gasteiger partial charge in [-0.05, 0) is 35.1 Å². The van der Waals surface area contributed by atoms with E-state index in [-0.39, 0.29) is 22.6 Å². The highest BCUT2D eigenvalue weighted by Crippen LogP contribution is 2.12. The predicted octanol–water partition coefficient (Wildman–Crippen LogP) is 3.24. The molecule has 1 rings (SSSR count). The molecule has 0 unspecified atom stereocenters. The normalized spacial score (nSPS) is 11.9. The number of benzene rings is 1. The van der Waals surface area contributed by atoms with Crippen LogP contribution in [0.2, 0.25) is 0 Å². The Morgan fingerprint density at radius 2 is 1.00 bits per heavy atom. The first-order valence-electron chi connectivity index (χ1n) is 7.64. The summed E-state index contributed by atoms with van der Waals surface area (Å²) >= 11 is 0. The molecule has 1 aromatic rings. The fraction of sp³-hybridized carbons (Fsp3) is 0.556. The Morgan fingerprint density at radius 1 is 0.727 bits per heavy atom. The van der Waals surface area contributed by atoms with Crippen LogP contribution in [0.1, 0.15) is 62.3 Å². The van der Waals surface area contributed by atoms with Crippen LogP contribution in [0.4, 0.5) is 0 Å². The van der Waals surface area contributed by atoms with Crippen molar-refractivity contribution in [2.45, 2.75) is 41.5 Å². The lowest BCUT2D eigenvalue weighted by Crippen LogP contribution is -2.33. The first-order valence-corrected chi connectivity index (χ1v) is 7.64. The van der Waals surface area contributed by atoms with Gasteiger partial charge in [0.1, 0.15) is 0 Å². The van der Waals surface area contributed by atoms with Crippen molar-refractivity contribution in [2.75, 3.05) is 13.1 Å². The van der Waals surface area contributed by atoms with E-state index in [1.54, 1.807) is 24.3 Å². The fourth-order valence-corrected chi connectivity index (χ4v) is 1.67. The first-order chi connectivity index (χ1) is 9.98. The molecule has 0 aliphatic heterocycles. The van der Waals surface area contributed by atoms with E-state index in [1.165, 1.54) is 0 Å². The van der Waals surface area contributed by atoms with Crippen molar-refractivity contribution in [3.05, 3.63) is 35.4 Å². The summed E-state index contributed by atoms with van der Waals surface area (Å²) in [5, 5.41) is 5.79. The van der Waals surface area contributed by atoms with Gasteiger partial charge in [0.15, 0.2) is 0 Å². The molecule has 0 saturated heterocycles. The molecular weight excluding hydrogens is 276 g/mol. The standard InChI is InChI=1S/C18H28N2O2/c1-17(2,3)11-19-15(21)13-7-9-14(10-8-13)16(22)20-12-18(4,5)6/h7-10H,11-12H2,1-6H3,(H,19,21)(H,20,22). The van der Waals surface area contributed by atoms with Crippen molar-refractivity contribution in [3.8, 4) is 0 Å². The van der Waals surface area contributed by atoms with Crippen LogP contribution in [-0.4, -0.2) is 24.9 Å². The van der Waals surface area contributed by atoms with Crippen molar-refractivity contribution >= 4 is 11.8 Å². The van der Waals surface area contributed by atoms with Crippen LogP contribution < -0.4 is 10.6 Å². The lowest BCUT2D eigenvalue weighted by atomic mass is 9.96. The number of nitrogens with one attached hydrogen (secondary N) is 2. The van der Waals surface area contributed by atoms with Crippen LogP contribution >= 0.6 is 0 Å². The second-order valence-electron chi connectivity index (χ2n) is 8.06. The van der Waals surface area contributed by atoms with E-state index in [2.05, 4.69) is 52.2 Å². The van der Waals surface area contributed by atoms with E-state index in [1.807, 2.05) is 0 Å². The maximum Gasteiger partial charge on any atom is 0.251 e. The van der Waals surface area contributed by atoms with E-state index in [0.717, 1.165) is 0 Å². The topological polar surface area (TPSA) is 58.2 Å². The molecule has 0 aromatic heterocycles. The third-order valence-electron chi connectivity index (χ3n) is 2.97. The molecule has 0 fully saturated rings. The van der Waals surface area contributed by atoms with Gasteiger partial charge in [0.05, 0.1) is 0 Å². The Morgan fingerprint density at radius 3 is 1.23 bits per heavy atom. The van der Waals surface area contributed by atoms with Gasteiger partial charge in [0.25, 0.3) is 11.8 Å². The maximum atomic E-state index is 12.0. The average molecular weight is 304 g/mol. The lowest BCUT2D eigenvalue weighted by Gasteiger charge is -2.19. The van der Waals surface area contributed by atoms with Gasteiger partial charge in [-0.2, -0.15) is 0 Å². The number of amides is 2. The van der Waals surface area contributed by atoms with Gasteiger partial charge < -0.3 is 10.6 Å². The lowest BCUT2D eigenvalue weighted by molar-refractivity contribution is 0.0928. The zero-order valence-corrected chi connectivity index (χ0v) is 14.5. The first kappa shape index (κ1) is 18.2. The molecule has 22 heavy (non-hydrogen) atoms. The van der Waals surface area contributed by atoms with Crippen molar-refractivity contribution in [2.24, 2.45) is 10.8 Å². The van der Waals surface area contributed by atoms with Gasteiger partial charge in [-0.1, -0.05) is 41.5 Å². The third-order valence-corrected chi connectivity index (χ3v) is 2.97. The second kappa shape index (κ2) is 6.95. The number of carbonyl (C=O) groups is 2. The average Bonchev–Trinajstić information content (AvgIpc) is 2.40. The van der Waals surface area contributed by atoms with E-state index >= 15 is 0 Å². The maximum absolute atomic E-state index is 12.0. The van der Waals surface area contributed by atoms with Gasteiger partial charge in [0, 0.05) is 24.2 Å². The van der Waals surface area contributed by atoms with E-state index in [4.69, 9.17) is 0 Å². The quantitative estimate of drug-likeness (QED) is 0.897. The van der Waals surface area contributed by atoms with Crippen molar-refractivity contribution in [1.29, 1.82) is 0 Å². The molecular formula is C18H28N2O2. The zero-order valence-electron chi connectivity index (χ0n) is 14.5. The van der Waals surface area contributed by atoms with Crippen LogP contribution in [0.3, 0.4) is 0 Å². The number of carbonyl (C=O) groups excluding carboxylic acids is 2. The molecule has 4 nitrogen and oxygen atoms in total. The van der Waals surface area contributed by atoms with Gasteiger partial charge >= 0.3 is 0 Å². The van der Waals surface area contributed by atoms with E-state index in [9.17, 15) is 9.59 Å². The Hall–Kier alpha value is -1.84. The Balaban J connectivity index is 2.62. The molecule has 0 spiro atoms. The Labute approximate surface area is 133 Å². The summed E-state index contributed by atoms with van der Waals surface area (Å²) in [6.45, 7) is 13.6. The van der Waals surface area contributed by atoms with Crippen LogP contribution in [0, 0.1) is 10.8 Å². The molecule has 2 amide bonds. The van der Waals surface area contributed by atoms with E-state index in [0.29, 0.717) is 24.2 Å². The van der Waals surface area contributed by atoms with Crippen LogP contribution in [0.5, 0.6) is 0 Å². The minimum Gasteiger partial charge on any atom is -0.352 e. The molecule has 0 aliphatic rings. The number of rotatable bonds is 4. The third kappa shape index (κ3) is 6.74. The van der Waals surface area contributed by atoms with Crippen molar-refractivity contribution < 1.29 is 9.59 Å². The summed E-state index contributed by atoms with van der Waals surface area (Å²) in [5.41, 5.74) is 1.22. The number of hydrogen-bond acceptors (Lipinski definition) is 2. The summed E-state index contributed by atoms with van der Waals surface area (Å²) in [6, 6.07) is 6.74. The van der Waals surface area contributed by atoms with Crippen molar-refractivity contribution in [3.63, 3.8) is 0 Å². The van der Waals surface area contributed by atoms with Crippen LogP contribution in [0.25, 0.3) is 0 Å². The minimum absolute atomic E-state index is 0.0441. The summed E-state index contributed by atoms with van der Waals surface area (Å²) in [7, 11) is 0. The van der Waals surface area contributed by atoms with Gasteiger partial charge in [-0.15, -0.1) is 0 Å². The summed E-state index contributed by atoms with van der Waals surface area (Å²) in [6.07, 6.45) is 0. The summed E-state index contributed by atoms with van der Waals surface area (Å²) < 4.78 is 0. The largest absolute Gasteiger partial charge is 0.352 e. The monoisotopic (exact) mass is 304 g/mol. The van der Waals surface area contributed by atoms with Crippen LogP contribution in [-0.2, 0) is 0 Å². The molecule has 0 saturated carbocycles. The molecule has 2 N–H and O–H groups in total. The smallest absolute Gasteiger partial charge is 0.251 e. The molecule has 1 aromatic carbocycles. The Bertz CT molecular complexity index is 471. The highest BCUT2D eigenvalue weighted by atomic mass is 16.2. The van der Waals surface area contributed by atoms with Crippen molar-refractivity contribution in [1.82, 2.24) is 10.6 Å². The van der Waals surface area contributed by atoms with Gasteiger partial charge in [0.2, 0.25) is 0 Å². The minimum atomic E-state index is -0.114. The summed E-state index contributed by atoms with van der Waals surface area (Å²) in [4.78, 5) is 24.0. The Kier molecular flexibility index (Phi) is 5.75. The molecule has 4 heteroatoms. The highest BCUT2D eigenvalue weighted by Gasteiger charge is 2.15. The summed E-state index contributed by atoms with van der Waals surface area (Å²) in [5.74, 6) is -0.229. The number of hydrogen-bond donors (Lipinski definition) is 2. The predicted molar refractivity (Wildman–Crippen MR) is 90.0 cm³/mol. The molecule has 0 atom stereocenters. The van der Waals surface area contributed by atoms with Gasteiger partial charge in [-0.3, -0.25) is 9.59 Å². The SMILES string of the molecule is CC(C)(C)CNC(=O)c1ccc(C(=O)NCC(C)(C)C)cc1. The zero-order chi connectivity index (χ0) is 17.0. The highest BCUT2D eigenvalue weighted by molar-refractivity contribution is 5.97. The van der Waals surface area contributed by atoms with E-state index < -0.39 is 0 Å². The molecule has 0 heterocycles. The molecule has 0 radical (unpaired) electrons. The fourth-order valence-electron chi connectivity index (χ4n) is 1.67. The molecule has 0 aliphatic carbocycles. The molecule has 122 valence electrons. The molecule has 0 bridgehead atoms. The van der Waals surface area contributed by atoms with Gasteiger partial charge in [-0.25, -0.2) is 0 Å². The van der Waals surface area contributed by atoms with Crippen LogP contribution in [0.15, 0.2) is 24.3 Å². The second-order valence-corrected chi connectivity index (χ2v) is 8.06.